The smallest absolute Gasteiger partial charge is 0.244 e. The number of hydrogen-bond donors (Lipinski definition) is 1. The number of likely N-dealkylation sites (N-methyl/N-ethyl adjacent to an activating group) is 1. The van der Waals surface area contributed by atoms with Crippen LogP contribution in [0.1, 0.15) is 24.3 Å². The molecular formula is C12H22N2O3S2. The summed E-state index contributed by atoms with van der Waals surface area (Å²) < 4.78 is 32.0. The van der Waals surface area contributed by atoms with E-state index in [1.807, 2.05) is 19.2 Å². The van der Waals surface area contributed by atoms with Crippen molar-refractivity contribution in [3.8, 4) is 0 Å². The number of sulfonamides is 1. The van der Waals surface area contributed by atoms with Crippen LogP contribution in [0.5, 0.6) is 0 Å². The van der Waals surface area contributed by atoms with Crippen molar-refractivity contribution in [2.75, 3.05) is 26.3 Å². The maximum atomic E-state index is 12.6. The molecule has 0 saturated carbocycles. The van der Waals surface area contributed by atoms with Crippen LogP contribution in [0.15, 0.2) is 10.3 Å². The van der Waals surface area contributed by atoms with E-state index < -0.39 is 10.0 Å². The van der Waals surface area contributed by atoms with Crippen molar-refractivity contribution in [1.82, 2.24) is 4.31 Å². The van der Waals surface area contributed by atoms with Crippen LogP contribution in [0.4, 0.5) is 0 Å². The fourth-order valence-corrected chi connectivity index (χ4v) is 4.95. The van der Waals surface area contributed by atoms with Gasteiger partial charge in [-0.15, -0.1) is 11.3 Å². The van der Waals surface area contributed by atoms with Gasteiger partial charge in [-0.2, -0.15) is 4.31 Å². The molecule has 7 heteroatoms. The third-order valence-corrected chi connectivity index (χ3v) is 6.28. The van der Waals surface area contributed by atoms with Crippen molar-refractivity contribution >= 4 is 21.4 Å². The molecule has 0 aliphatic rings. The molecule has 19 heavy (non-hydrogen) atoms. The summed E-state index contributed by atoms with van der Waals surface area (Å²) in [5.74, 6) is 0. The highest BCUT2D eigenvalue weighted by Gasteiger charge is 2.28. The summed E-state index contributed by atoms with van der Waals surface area (Å²) in [5, 5.41) is 1.84. The maximum Gasteiger partial charge on any atom is 0.244 e. The second kappa shape index (κ2) is 7.35. The minimum Gasteiger partial charge on any atom is -0.380 e. The zero-order chi connectivity index (χ0) is 14.5. The van der Waals surface area contributed by atoms with Gasteiger partial charge in [0.1, 0.15) is 4.90 Å². The average Bonchev–Trinajstić information content (AvgIpc) is 2.76. The molecule has 1 heterocycles. The Bertz CT molecular complexity index is 497. The Morgan fingerprint density at radius 1 is 1.42 bits per heavy atom. The van der Waals surface area contributed by atoms with E-state index in [2.05, 4.69) is 0 Å². The molecule has 110 valence electrons. The third kappa shape index (κ3) is 3.76. The van der Waals surface area contributed by atoms with Crippen LogP contribution >= 0.6 is 11.3 Å². The lowest BCUT2D eigenvalue weighted by Gasteiger charge is -2.21. The van der Waals surface area contributed by atoms with Gasteiger partial charge in [0, 0.05) is 31.1 Å². The Morgan fingerprint density at radius 3 is 2.63 bits per heavy atom. The Morgan fingerprint density at radius 2 is 2.11 bits per heavy atom. The zero-order valence-corrected chi connectivity index (χ0v) is 13.3. The van der Waals surface area contributed by atoms with Gasteiger partial charge < -0.3 is 10.5 Å². The van der Waals surface area contributed by atoms with E-state index in [4.69, 9.17) is 10.5 Å². The van der Waals surface area contributed by atoms with Gasteiger partial charge in [0.25, 0.3) is 0 Å². The predicted octanol–water partition coefficient (Wildman–Crippen LogP) is 1.56. The maximum absolute atomic E-state index is 12.6. The molecule has 0 aliphatic heterocycles. The molecule has 0 unspecified atom stereocenters. The van der Waals surface area contributed by atoms with E-state index in [9.17, 15) is 8.42 Å². The van der Waals surface area contributed by atoms with Gasteiger partial charge in [-0.3, -0.25) is 0 Å². The molecule has 0 saturated heterocycles. The van der Waals surface area contributed by atoms with Gasteiger partial charge in [-0.25, -0.2) is 8.42 Å². The van der Waals surface area contributed by atoms with Gasteiger partial charge >= 0.3 is 0 Å². The predicted molar refractivity (Wildman–Crippen MR) is 77.9 cm³/mol. The van der Waals surface area contributed by atoms with E-state index >= 15 is 0 Å². The minimum atomic E-state index is -3.48. The van der Waals surface area contributed by atoms with Crippen LogP contribution in [0.3, 0.4) is 0 Å². The van der Waals surface area contributed by atoms with Crippen LogP contribution in [0.25, 0.3) is 0 Å². The normalized spacial score (nSPS) is 12.3. The number of rotatable bonds is 8. The van der Waals surface area contributed by atoms with Crippen LogP contribution in [-0.4, -0.2) is 39.0 Å². The minimum absolute atomic E-state index is 0.246. The first-order valence-electron chi connectivity index (χ1n) is 6.33. The molecule has 2 N–H and O–H groups in total. The summed E-state index contributed by atoms with van der Waals surface area (Å²) in [5.41, 5.74) is 6.39. The standard InChI is InChI=1S/C12H22N2O3S2/c1-4-14(6-7-17-5-2)19(15,16)12-10(3)9-18-11(12)8-13/h9H,4-8,13H2,1-3H3. The highest BCUT2D eigenvalue weighted by atomic mass is 32.2. The van der Waals surface area contributed by atoms with Crippen molar-refractivity contribution in [1.29, 1.82) is 0 Å². The first-order valence-corrected chi connectivity index (χ1v) is 8.65. The Kier molecular flexibility index (Phi) is 6.41. The Labute approximate surface area is 119 Å². The highest BCUT2D eigenvalue weighted by Crippen LogP contribution is 2.29. The topological polar surface area (TPSA) is 72.6 Å². The van der Waals surface area contributed by atoms with E-state index in [1.165, 1.54) is 15.6 Å². The van der Waals surface area contributed by atoms with Crippen LogP contribution in [0.2, 0.25) is 0 Å². The van der Waals surface area contributed by atoms with E-state index in [-0.39, 0.29) is 6.54 Å². The molecule has 0 fully saturated rings. The third-order valence-electron chi connectivity index (χ3n) is 2.81. The van der Waals surface area contributed by atoms with Crippen molar-refractivity contribution in [3.63, 3.8) is 0 Å². The molecule has 0 atom stereocenters. The summed E-state index contributed by atoms with van der Waals surface area (Å²) in [6, 6.07) is 0. The van der Waals surface area contributed by atoms with E-state index in [1.54, 1.807) is 6.92 Å². The lowest BCUT2D eigenvalue weighted by Crippen LogP contribution is -2.34. The molecule has 0 aliphatic carbocycles. The zero-order valence-electron chi connectivity index (χ0n) is 11.7. The lowest BCUT2D eigenvalue weighted by molar-refractivity contribution is 0.135. The molecular weight excluding hydrogens is 284 g/mol. The van der Waals surface area contributed by atoms with E-state index in [0.29, 0.717) is 36.1 Å². The number of hydrogen-bond acceptors (Lipinski definition) is 5. The average molecular weight is 306 g/mol. The Balaban J connectivity index is 3.03. The monoisotopic (exact) mass is 306 g/mol. The molecule has 0 radical (unpaired) electrons. The number of nitrogens with zero attached hydrogens (tertiary/aromatic N) is 1. The summed E-state index contributed by atoms with van der Waals surface area (Å²) in [6.45, 7) is 7.55. The quantitative estimate of drug-likeness (QED) is 0.740. The molecule has 0 aromatic carbocycles. The molecule has 5 nitrogen and oxygen atoms in total. The van der Waals surface area contributed by atoms with Crippen molar-refractivity contribution in [2.45, 2.75) is 32.2 Å². The van der Waals surface area contributed by atoms with Crippen molar-refractivity contribution < 1.29 is 13.2 Å². The van der Waals surface area contributed by atoms with Crippen molar-refractivity contribution in [2.24, 2.45) is 5.73 Å². The van der Waals surface area contributed by atoms with Crippen LogP contribution in [0, 0.1) is 6.92 Å². The molecule has 1 aromatic heterocycles. The van der Waals surface area contributed by atoms with Gasteiger partial charge in [0.2, 0.25) is 10.0 Å². The van der Waals surface area contributed by atoms with E-state index in [0.717, 1.165) is 5.56 Å². The summed E-state index contributed by atoms with van der Waals surface area (Å²) in [7, 11) is -3.48. The SMILES string of the molecule is CCOCCN(CC)S(=O)(=O)c1c(C)csc1CN. The molecule has 1 rings (SSSR count). The number of thiophene rings is 1. The summed E-state index contributed by atoms with van der Waals surface area (Å²) in [4.78, 5) is 1.09. The van der Waals surface area contributed by atoms with Crippen LogP contribution < -0.4 is 5.73 Å². The van der Waals surface area contributed by atoms with Gasteiger partial charge in [0.15, 0.2) is 0 Å². The number of nitrogens with two attached hydrogens (primary N) is 1. The molecule has 0 amide bonds. The van der Waals surface area contributed by atoms with Gasteiger partial charge in [0.05, 0.1) is 6.61 Å². The number of ether oxygens (including phenoxy) is 1. The first-order chi connectivity index (χ1) is 8.98. The second-order valence-electron chi connectivity index (χ2n) is 4.07. The van der Waals surface area contributed by atoms with Gasteiger partial charge in [-0.1, -0.05) is 6.92 Å². The molecule has 0 bridgehead atoms. The second-order valence-corrected chi connectivity index (χ2v) is 6.91. The molecule has 1 aromatic rings. The van der Waals surface area contributed by atoms with Crippen molar-refractivity contribution in [3.05, 3.63) is 15.8 Å². The fraction of sp³-hybridized carbons (Fsp3) is 0.667. The van der Waals surface area contributed by atoms with Gasteiger partial charge in [-0.05, 0) is 24.8 Å². The van der Waals surface area contributed by atoms with Crippen LogP contribution in [-0.2, 0) is 21.3 Å². The number of aryl methyl sites for hydroxylation is 1. The summed E-state index contributed by atoms with van der Waals surface area (Å²) in [6.07, 6.45) is 0. The largest absolute Gasteiger partial charge is 0.380 e. The Hall–Kier alpha value is -0.470. The fourth-order valence-electron chi connectivity index (χ4n) is 1.86. The highest BCUT2D eigenvalue weighted by molar-refractivity contribution is 7.89. The summed E-state index contributed by atoms with van der Waals surface area (Å²) >= 11 is 1.40. The lowest BCUT2D eigenvalue weighted by atomic mass is 10.3. The first kappa shape index (κ1) is 16.6. The molecule has 0 spiro atoms.